The molecular weight excluding hydrogens is 212 g/mol. The highest BCUT2D eigenvalue weighted by molar-refractivity contribution is 6.18. The van der Waals surface area contributed by atoms with E-state index in [4.69, 9.17) is 16.3 Å². The van der Waals surface area contributed by atoms with Crippen LogP contribution in [0.4, 0.5) is 5.82 Å². The van der Waals surface area contributed by atoms with Gasteiger partial charge in [0.1, 0.15) is 11.6 Å². The Labute approximate surface area is 95.8 Å². The van der Waals surface area contributed by atoms with Gasteiger partial charge < -0.3 is 10.1 Å². The van der Waals surface area contributed by atoms with Gasteiger partial charge in [-0.2, -0.15) is 0 Å². The minimum atomic E-state index is 0.243. The maximum atomic E-state index is 5.86. The van der Waals surface area contributed by atoms with Crippen LogP contribution >= 0.6 is 11.6 Å². The summed E-state index contributed by atoms with van der Waals surface area (Å²) in [5, 5.41) is 3.28. The number of pyridine rings is 1. The van der Waals surface area contributed by atoms with Crippen LogP contribution in [0, 0.1) is 5.92 Å². The van der Waals surface area contributed by atoms with E-state index in [0.717, 1.165) is 11.6 Å². The summed E-state index contributed by atoms with van der Waals surface area (Å²) in [7, 11) is 1.62. The second-order valence-electron chi connectivity index (χ2n) is 3.73. The number of nitrogens with zero attached hydrogens (tertiary/aromatic N) is 1. The number of alkyl halides is 1. The number of aromatic nitrogens is 1. The molecule has 1 N–H and O–H groups in total. The van der Waals surface area contributed by atoms with Gasteiger partial charge in [-0.15, -0.1) is 11.6 Å². The van der Waals surface area contributed by atoms with Gasteiger partial charge in [0.25, 0.3) is 0 Å². The molecule has 0 aromatic carbocycles. The highest BCUT2D eigenvalue weighted by atomic mass is 35.5. The van der Waals surface area contributed by atoms with Crippen LogP contribution in [0.15, 0.2) is 18.3 Å². The third-order valence-corrected chi connectivity index (χ3v) is 2.61. The van der Waals surface area contributed by atoms with Crippen LogP contribution in [0.2, 0.25) is 0 Å². The summed E-state index contributed by atoms with van der Waals surface area (Å²) in [6, 6.07) is 4.01. The Morgan fingerprint density at radius 2 is 2.20 bits per heavy atom. The first-order valence-electron chi connectivity index (χ1n) is 5.00. The fourth-order valence-electron chi connectivity index (χ4n) is 1.16. The van der Waals surface area contributed by atoms with Gasteiger partial charge in [-0.25, -0.2) is 4.98 Å². The van der Waals surface area contributed by atoms with Crippen LogP contribution in [0.25, 0.3) is 0 Å². The van der Waals surface area contributed by atoms with Gasteiger partial charge in [-0.3, -0.25) is 0 Å². The van der Waals surface area contributed by atoms with Gasteiger partial charge in [0.05, 0.1) is 13.3 Å². The van der Waals surface area contributed by atoms with Gasteiger partial charge >= 0.3 is 0 Å². The summed E-state index contributed by atoms with van der Waals surface area (Å²) in [6.07, 6.45) is 1.69. The normalized spacial score (nSPS) is 12.6. The zero-order valence-electron chi connectivity index (χ0n) is 9.33. The van der Waals surface area contributed by atoms with Crippen molar-refractivity contribution in [2.45, 2.75) is 19.9 Å². The number of hydrogen-bond donors (Lipinski definition) is 1. The fraction of sp³-hybridized carbons (Fsp3) is 0.545. The lowest BCUT2D eigenvalue weighted by molar-refractivity contribution is 0.413. The Bertz CT molecular complexity index is 287. The van der Waals surface area contributed by atoms with Crippen molar-refractivity contribution in [1.29, 1.82) is 0 Å². The van der Waals surface area contributed by atoms with Crippen molar-refractivity contribution in [1.82, 2.24) is 4.98 Å². The second kappa shape index (κ2) is 5.81. The zero-order valence-corrected chi connectivity index (χ0v) is 10.1. The molecule has 1 rings (SSSR count). The van der Waals surface area contributed by atoms with E-state index in [9.17, 15) is 0 Å². The molecule has 0 fully saturated rings. The molecule has 3 nitrogen and oxygen atoms in total. The molecule has 1 unspecified atom stereocenters. The van der Waals surface area contributed by atoms with Gasteiger partial charge in [0.15, 0.2) is 0 Å². The first-order valence-corrected chi connectivity index (χ1v) is 5.53. The Morgan fingerprint density at radius 3 is 2.60 bits per heavy atom. The lowest BCUT2D eigenvalue weighted by Crippen LogP contribution is -2.27. The molecule has 0 amide bonds. The Morgan fingerprint density at radius 1 is 1.47 bits per heavy atom. The van der Waals surface area contributed by atoms with Crippen molar-refractivity contribution in [3.63, 3.8) is 0 Å². The molecule has 0 radical (unpaired) electrons. The van der Waals surface area contributed by atoms with Crippen LogP contribution < -0.4 is 10.1 Å². The number of anilines is 1. The Hall–Kier alpha value is -0.960. The third-order valence-electron chi connectivity index (χ3n) is 2.28. The fourth-order valence-corrected chi connectivity index (χ4v) is 1.59. The molecule has 0 aliphatic rings. The van der Waals surface area contributed by atoms with Gasteiger partial charge in [0, 0.05) is 11.9 Å². The number of rotatable bonds is 5. The third kappa shape index (κ3) is 3.59. The van der Waals surface area contributed by atoms with E-state index in [1.165, 1.54) is 0 Å². The van der Waals surface area contributed by atoms with Crippen LogP contribution in [0.5, 0.6) is 5.75 Å². The van der Waals surface area contributed by atoms with E-state index in [0.29, 0.717) is 11.8 Å². The van der Waals surface area contributed by atoms with E-state index < -0.39 is 0 Å². The van der Waals surface area contributed by atoms with Crippen LogP contribution in [-0.4, -0.2) is 24.0 Å². The summed E-state index contributed by atoms with van der Waals surface area (Å²) in [6.45, 7) is 4.26. The van der Waals surface area contributed by atoms with Crippen LogP contribution in [0.1, 0.15) is 13.8 Å². The maximum absolute atomic E-state index is 5.86. The first kappa shape index (κ1) is 12.1. The van der Waals surface area contributed by atoms with Crippen molar-refractivity contribution in [2.75, 3.05) is 18.3 Å². The lowest BCUT2D eigenvalue weighted by Gasteiger charge is -2.20. The minimum absolute atomic E-state index is 0.243. The van der Waals surface area contributed by atoms with E-state index in [2.05, 4.69) is 24.1 Å². The summed E-state index contributed by atoms with van der Waals surface area (Å²) in [5.41, 5.74) is 0. The molecule has 1 heterocycles. The van der Waals surface area contributed by atoms with Crippen molar-refractivity contribution in [3.8, 4) is 5.75 Å². The molecule has 84 valence electrons. The van der Waals surface area contributed by atoms with E-state index in [1.54, 1.807) is 13.3 Å². The number of ether oxygens (including phenoxy) is 1. The molecule has 0 saturated heterocycles. The lowest BCUT2D eigenvalue weighted by atomic mass is 10.1. The number of nitrogens with one attached hydrogen (secondary N) is 1. The summed E-state index contributed by atoms with van der Waals surface area (Å²) >= 11 is 5.86. The molecule has 1 aromatic rings. The summed E-state index contributed by atoms with van der Waals surface area (Å²) in [4.78, 5) is 4.22. The Kier molecular flexibility index (Phi) is 4.69. The molecular formula is C11H17ClN2O. The van der Waals surface area contributed by atoms with Gasteiger partial charge in [-0.1, -0.05) is 13.8 Å². The van der Waals surface area contributed by atoms with Crippen molar-refractivity contribution < 1.29 is 4.74 Å². The molecule has 0 saturated carbocycles. The molecule has 0 aliphatic heterocycles. The molecule has 0 bridgehead atoms. The maximum Gasteiger partial charge on any atom is 0.137 e. The van der Waals surface area contributed by atoms with Crippen molar-refractivity contribution in [2.24, 2.45) is 5.92 Å². The predicted octanol–water partition coefficient (Wildman–Crippen LogP) is 2.77. The minimum Gasteiger partial charge on any atom is -0.495 e. The predicted molar refractivity (Wildman–Crippen MR) is 63.8 cm³/mol. The number of hydrogen-bond acceptors (Lipinski definition) is 3. The molecule has 15 heavy (non-hydrogen) atoms. The highest BCUT2D eigenvalue weighted by Crippen LogP contribution is 2.14. The van der Waals surface area contributed by atoms with Crippen LogP contribution in [0.3, 0.4) is 0 Å². The van der Waals surface area contributed by atoms with Gasteiger partial charge in [0.2, 0.25) is 0 Å². The smallest absolute Gasteiger partial charge is 0.137 e. The molecule has 1 aromatic heterocycles. The van der Waals surface area contributed by atoms with E-state index in [-0.39, 0.29) is 6.04 Å². The molecule has 0 spiro atoms. The van der Waals surface area contributed by atoms with Crippen molar-refractivity contribution >= 4 is 17.4 Å². The molecule has 0 aliphatic carbocycles. The van der Waals surface area contributed by atoms with E-state index in [1.807, 2.05) is 12.1 Å². The molecule has 1 atom stereocenters. The molecule has 4 heteroatoms. The quantitative estimate of drug-likeness (QED) is 0.787. The largest absolute Gasteiger partial charge is 0.495 e. The second-order valence-corrected chi connectivity index (χ2v) is 4.04. The Balaban J connectivity index is 2.63. The number of methoxy groups -OCH3 is 1. The average Bonchev–Trinajstić information content (AvgIpc) is 2.26. The highest BCUT2D eigenvalue weighted by Gasteiger charge is 2.11. The first-order chi connectivity index (χ1) is 7.17. The monoisotopic (exact) mass is 228 g/mol. The summed E-state index contributed by atoms with van der Waals surface area (Å²) in [5.74, 6) is 2.64. The van der Waals surface area contributed by atoms with Crippen LogP contribution in [-0.2, 0) is 0 Å². The SMILES string of the molecule is COc1ccc(NC(CCl)C(C)C)nc1. The van der Waals surface area contributed by atoms with E-state index >= 15 is 0 Å². The summed E-state index contributed by atoms with van der Waals surface area (Å²) < 4.78 is 5.03. The number of halogens is 1. The standard InChI is InChI=1S/C11H17ClN2O/c1-8(2)10(6-12)14-11-5-4-9(15-3)7-13-11/h4-5,7-8,10H,6H2,1-3H3,(H,13,14). The average molecular weight is 229 g/mol. The van der Waals surface area contributed by atoms with Crippen molar-refractivity contribution in [3.05, 3.63) is 18.3 Å². The van der Waals surface area contributed by atoms with Gasteiger partial charge in [-0.05, 0) is 18.1 Å². The topological polar surface area (TPSA) is 34.1 Å². The zero-order chi connectivity index (χ0) is 11.3.